The van der Waals surface area contributed by atoms with E-state index in [1.165, 1.54) is 17.0 Å². The molecule has 0 fully saturated rings. The highest BCUT2D eigenvalue weighted by Crippen LogP contribution is 2.38. The molecule has 0 radical (unpaired) electrons. The van der Waals surface area contributed by atoms with Crippen molar-refractivity contribution in [2.24, 2.45) is 13.0 Å². The van der Waals surface area contributed by atoms with Crippen LogP contribution in [0.2, 0.25) is 0 Å². The van der Waals surface area contributed by atoms with Gasteiger partial charge in [-0.2, -0.15) is 5.10 Å². The molecule has 2 atom stereocenters. The van der Waals surface area contributed by atoms with E-state index < -0.39 is 0 Å². The first-order chi connectivity index (χ1) is 6.65. The van der Waals surface area contributed by atoms with Crippen LogP contribution in [0.4, 0.5) is 0 Å². The molecule has 14 heavy (non-hydrogen) atoms. The Balaban J connectivity index is 2.38. The van der Waals surface area contributed by atoms with Crippen molar-refractivity contribution in [3.8, 4) is 0 Å². The van der Waals surface area contributed by atoms with Crippen molar-refractivity contribution in [1.29, 1.82) is 0 Å². The van der Waals surface area contributed by atoms with E-state index in [4.69, 9.17) is 0 Å². The summed E-state index contributed by atoms with van der Waals surface area (Å²) >= 11 is 0. The topological polar surface area (TPSA) is 29.9 Å². The molecule has 1 aliphatic rings. The lowest BCUT2D eigenvalue weighted by atomic mass is 9.93. The van der Waals surface area contributed by atoms with Gasteiger partial charge >= 0.3 is 0 Å². The second-order valence-electron chi connectivity index (χ2n) is 4.41. The van der Waals surface area contributed by atoms with Gasteiger partial charge in [-0.3, -0.25) is 4.68 Å². The lowest BCUT2D eigenvalue weighted by Gasteiger charge is -2.16. The molecule has 78 valence electrons. The monoisotopic (exact) mass is 193 g/mol. The van der Waals surface area contributed by atoms with Crippen LogP contribution >= 0.6 is 0 Å². The Hall–Kier alpha value is -0.830. The lowest BCUT2D eigenvalue weighted by Crippen LogP contribution is -2.20. The van der Waals surface area contributed by atoms with Crippen molar-refractivity contribution < 1.29 is 0 Å². The third-order valence-corrected chi connectivity index (χ3v) is 3.45. The summed E-state index contributed by atoms with van der Waals surface area (Å²) in [6.07, 6.45) is 1.14. The Bertz CT molecular complexity index is 341. The Morgan fingerprint density at radius 1 is 1.57 bits per heavy atom. The lowest BCUT2D eigenvalue weighted by molar-refractivity contribution is 0.469. The van der Waals surface area contributed by atoms with E-state index in [-0.39, 0.29) is 0 Å². The summed E-state index contributed by atoms with van der Waals surface area (Å²) < 4.78 is 2.01. The molecule has 0 saturated carbocycles. The van der Waals surface area contributed by atoms with Crippen LogP contribution in [-0.2, 0) is 13.5 Å². The molecule has 0 bridgehead atoms. The van der Waals surface area contributed by atoms with Gasteiger partial charge in [-0.05, 0) is 26.3 Å². The largest absolute Gasteiger partial charge is 0.319 e. The smallest absolute Gasteiger partial charge is 0.0665 e. The van der Waals surface area contributed by atoms with E-state index in [0.717, 1.165) is 18.9 Å². The van der Waals surface area contributed by atoms with Crippen LogP contribution in [0.3, 0.4) is 0 Å². The predicted molar refractivity (Wildman–Crippen MR) is 57.5 cm³/mol. The van der Waals surface area contributed by atoms with Crippen molar-refractivity contribution in [1.82, 2.24) is 15.1 Å². The van der Waals surface area contributed by atoms with E-state index in [9.17, 15) is 0 Å². The Labute approximate surface area is 85.5 Å². The molecule has 0 saturated heterocycles. The maximum atomic E-state index is 4.56. The minimum absolute atomic E-state index is 0.656. The highest BCUT2D eigenvalue weighted by Gasteiger charge is 2.33. The molecule has 0 aliphatic heterocycles. The van der Waals surface area contributed by atoms with Gasteiger partial charge in [0.15, 0.2) is 0 Å². The van der Waals surface area contributed by atoms with Crippen LogP contribution in [0.25, 0.3) is 0 Å². The molecule has 1 aromatic rings. The van der Waals surface area contributed by atoms with Crippen LogP contribution in [0.1, 0.15) is 29.8 Å². The van der Waals surface area contributed by atoms with E-state index in [2.05, 4.69) is 24.3 Å². The van der Waals surface area contributed by atoms with Crippen LogP contribution in [0.5, 0.6) is 0 Å². The van der Waals surface area contributed by atoms with Crippen LogP contribution < -0.4 is 5.32 Å². The molecule has 1 aliphatic carbocycles. The molecule has 1 N–H and O–H groups in total. The molecule has 3 nitrogen and oxygen atoms in total. The van der Waals surface area contributed by atoms with E-state index in [0.29, 0.717) is 5.92 Å². The van der Waals surface area contributed by atoms with Crippen molar-refractivity contribution in [2.45, 2.75) is 26.2 Å². The highest BCUT2D eigenvalue weighted by atomic mass is 15.3. The van der Waals surface area contributed by atoms with Crippen molar-refractivity contribution >= 4 is 0 Å². The van der Waals surface area contributed by atoms with Gasteiger partial charge in [-0.1, -0.05) is 6.92 Å². The Morgan fingerprint density at radius 2 is 2.29 bits per heavy atom. The van der Waals surface area contributed by atoms with E-state index in [1.807, 2.05) is 18.8 Å². The summed E-state index contributed by atoms with van der Waals surface area (Å²) in [5, 5.41) is 7.84. The zero-order chi connectivity index (χ0) is 10.3. The van der Waals surface area contributed by atoms with Gasteiger partial charge in [0.25, 0.3) is 0 Å². The Morgan fingerprint density at radius 3 is 2.93 bits per heavy atom. The minimum atomic E-state index is 0.656. The molecule has 0 aromatic carbocycles. The summed E-state index contributed by atoms with van der Waals surface area (Å²) in [7, 11) is 4.06. The summed E-state index contributed by atoms with van der Waals surface area (Å²) in [6, 6.07) is 0. The van der Waals surface area contributed by atoms with Gasteiger partial charge in [0.05, 0.1) is 5.69 Å². The molecule has 3 heteroatoms. The molecule has 0 spiro atoms. The molecular weight excluding hydrogens is 174 g/mol. The molecular formula is C11H19N3. The number of aromatic nitrogens is 2. The number of nitrogens with zero attached hydrogens (tertiary/aromatic N) is 2. The minimum Gasteiger partial charge on any atom is -0.319 e. The summed E-state index contributed by atoms with van der Waals surface area (Å²) in [6.45, 7) is 5.57. The van der Waals surface area contributed by atoms with Gasteiger partial charge in [0, 0.05) is 30.8 Å². The van der Waals surface area contributed by atoms with Crippen molar-refractivity contribution in [3.63, 3.8) is 0 Å². The molecule has 1 aromatic heterocycles. The zero-order valence-electron chi connectivity index (χ0n) is 9.46. The van der Waals surface area contributed by atoms with Crippen molar-refractivity contribution in [2.75, 3.05) is 13.6 Å². The van der Waals surface area contributed by atoms with Gasteiger partial charge in [-0.15, -0.1) is 0 Å². The van der Waals surface area contributed by atoms with Crippen LogP contribution in [0, 0.1) is 12.8 Å². The molecule has 2 unspecified atom stereocenters. The quantitative estimate of drug-likeness (QED) is 0.765. The summed E-state index contributed by atoms with van der Waals surface area (Å²) in [5.74, 6) is 1.39. The number of nitrogens with one attached hydrogen (secondary N) is 1. The zero-order valence-corrected chi connectivity index (χ0v) is 9.46. The predicted octanol–water partition coefficient (Wildman–Crippen LogP) is 1.22. The number of aryl methyl sites for hydroxylation is 1. The van der Waals surface area contributed by atoms with Gasteiger partial charge in [0.1, 0.15) is 0 Å². The molecule has 2 rings (SSSR count). The fourth-order valence-corrected chi connectivity index (χ4v) is 2.58. The average Bonchev–Trinajstić information content (AvgIpc) is 2.55. The Kier molecular flexibility index (Phi) is 2.35. The standard InChI is InChI=1S/C11H19N3/c1-7-5-10-11(9(7)6-12-3)8(2)14(4)13-10/h7,9,12H,5-6H2,1-4H3. The van der Waals surface area contributed by atoms with Crippen LogP contribution in [0.15, 0.2) is 0 Å². The number of likely N-dealkylation sites (N-methyl/N-ethyl adjacent to an activating group) is 1. The first-order valence-electron chi connectivity index (χ1n) is 5.32. The number of fused-ring (bicyclic) bond motifs is 1. The first kappa shape index (κ1) is 9.71. The summed E-state index contributed by atoms with van der Waals surface area (Å²) in [5.41, 5.74) is 4.15. The second kappa shape index (κ2) is 3.39. The normalized spacial score (nSPS) is 25.4. The highest BCUT2D eigenvalue weighted by molar-refractivity contribution is 5.35. The number of hydrogen-bond donors (Lipinski definition) is 1. The van der Waals surface area contributed by atoms with Gasteiger partial charge in [-0.25, -0.2) is 0 Å². The molecule has 0 amide bonds. The third-order valence-electron chi connectivity index (χ3n) is 3.45. The van der Waals surface area contributed by atoms with Gasteiger partial charge < -0.3 is 5.32 Å². The second-order valence-corrected chi connectivity index (χ2v) is 4.41. The number of hydrogen-bond acceptors (Lipinski definition) is 2. The van der Waals surface area contributed by atoms with Crippen LogP contribution in [-0.4, -0.2) is 23.4 Å². The SMILES string of the molecule is CNCC1c2c(nn(C)c2C)CC1C. The fourth-order valence-electron chi connectivity index (χ4n) is 2.58. The third kappa shape index (κ3) is 1.27. The first-order valence-corrected chi connectivity index (χ1v) is 5.32. The van der Waals surface area contributed by atoms with E-state index >= 15 is 0 Å². The number of rotatable bonds is 2. The maximum Gasteiger partial charge on any atom is 0.0665 e. The molecule has 1 heterocycles. The van der Waals surface area contributed by atoms with Gasteiger partial charge in [0.2, 0.25) is 0 Å². The fraction of sp³-hybridized carbons (Fsp3) is 0.727. The average molecular weight is 193 g/mol. The maximum absolute atomic E-state index is 4.56. The summed E-state index contributed by atoms with van der Waals surface area (Å²) in [4.78, 5) is 0. The van der Waals surface area contributed by atoms with Crippen molar-refractivity contribution in [3.05, 3.63) is 17.0 Å². The van der Waals surface area contributed by atoms with E-state index in [1.54, 1.807) is 0 Å².